The van der Waals surface area contributed by atoms with E-state index in [2.05, 4.69) is 0 Å². The number of aliphatic hydroxyl groups excluding tert-OH is 1. The smallest absolute Gasteiger partial charge is 0.392 e. The van der Waals surface area contributed by atoms with Gasteiger partial charge in [-0.05, 0) is 50.0 Å². The summed E-state index contributed by atoms with van der Waals surface area (Å²) in [7, 11) is 0. The zero-order chi connectivity index (χ0) is 13.2. The summed E-state index contributed by atoms with van der Waals surface area (Å²) < 4.78 is 37.6. The Morgan fingerprint density at radius 3 is 2.33 bits per heavy atom. The summed E-state index contributed by atoms with van der Waals surface area (Å²) in [5.41, 5.74) is 2.26. The average Bonchev–Trinajstić information content (AvgIpc) is 2.38. The highest BCUT2D eigenvalue weighted by Crippen LogP contribution is 2.41. The second kappa shape index (κ2) is 5.47. The molecule has 1 nitrogen and oxygen atoms in total. The zero-order valence-corrected chi connectivity index (χ0v) is 10.3. The van der Waals surface area contributed by atoms with Crippen LogP contribution in [0.1, 0.15) is 38.5 Å². The van der Waals surface area contributed by atoms with Crippen LogP contribution in [0.5, 0.6) is 0 Å². The van der Waals surface area contributed by atoms with Crippen LogP contribution in [0.4, 0.5) is 13.2 Å². The molecule has 0 saturated heterocycles. The third-order valence-corrected chi connectivity index (χ3v) is 4.14. The van der Waals surface area contributed by atoms with Gasteiger partial charge in [0.25, 0.3) is 0 Å². The normalized spacial score (nSPS) is 29.8. The highest BCUT2D eigenvalue weighted by Gasteiger charge is 2.40. The Kier molecular flexibility index (Phi) is 4.15. The molecule has 2 unspecified atom stereocenters. The zero-order valence-electron chi connectivity index (χ0n) is 10.3. The highest BCUT2D eigenvalue weighted by atomic mass is 19.4. The molecule has 0 spiro atoms. The number of alkyl halides is 3. The molecule has 0 aromatic rings. The van der Waals surface area contributed by atoms with Crippen molar-refractivity contribution in [2.75, 3.05) is 6.61 Å². The minimum Gasteiger partial charge on any atom is -0.392 e. The first-order valence-electron chi connectivity index (χ1n) is 6.55. The SMILES string of the molecule is OCC1=CCC(C2=CCC(C(F)(F)F)CC2)CC1. The van der Waals surface area contributed by atoms with Crippen LogP contribution in [0.3, 0.4) is 0 Å². The second-order valence-electron chi connectivity index (χ2n) is 5.28. The Balaban J connectivity index is 1.93. The van der Waals surface area contributed by atoms with Crippen LogP contribution in [-0.2, 0) is 0 Å². The molecule has 2 rings (SSSR count). The van der Waals surface area contributed by atoms with E-state index in [1.54, 1.807) is 0 Å². The number of hydrogen-bond acceptors (Lipinski definition) is 1. The molecule has 0 aromatic carbocycles. The van der Waals surface area contributed by atoms with Crippen molar-refractivity contribution in [3.63, 3.8) is 0 Å². The largest absolute Gasteiger partial charge is 0.392 e. The van der Waals surface area contributed by atoms with Gasteiger partial charge in [0, 0.05) is 0 Å². The summed E-state index contributed by atoms with van der Waals surface area (Å²) in [5, 5.41) is 9.00. The lowest BCUT2D eigenvalue weighted by Crippen LogP contribution is -2.25. The number of aliphatic hydroxyl groups is 1. The summed E-state index contributed by atoms with van der Waals surface area (Å²) in [4.78, 5) is 0. The van der Waals surface area contributed by atoms with E-state index in [1.165, 1.54) is 5.57 Å². The van der Waals surface area contributed by atoms with Crippen LogP contribution in [0, 0.1) is 11.8 Å². The van der Waals surface area contributed by atoms with Crippen molar-refractivity contribution < 1.29 is 18.3 Å². The first kappa shape index (κ1) is 13.7. The fraction of sp³-hybridized carbons (Fsp3) is 0.714. The molecule has 2 aliphatic carbocycles. The molecule has 2 atom stereocenters. The number of hydrogen-bond donors (Lipinski definition) is 1. The third-order valence-electron chi connectivity index (χ3n) is 4.14. The van der Waals surface area contributed by atoms with Crippen LogP contribution >= 0.6 is 0 Å². The van der Waals surface area contributed by atoms with E-state index in [1.807, 2.05) is 12.2 Å². The van der Waals surface area contributed by atoms with Gasteiger partial charge in [-0.2, -0.15) is 13.2 Å². The average molecular weight is 260 g/mol. The quantitative estimate of drug-likeness (QED) is 0.744. The predicted octanol–water partition coefficient (Wildman–Crippen LogP) is 3.99. The molecule has 0 amide bonds. The molecule has 0 aliphatic heterocycles. The molecule has 0 heterocycles. The summed E-state index contributed by atoms with van der Waals surface area (Å²) in [6, 6.07) is 0. The maximum Gasteiger partial charge on any atom is 0.392 e. The van der Waals surface area contributed by atoms with E-state index >= 15 is 0 Å². The van der Waals surface area contributed by atoms with Crippen molar-refractivity contribution in [1.82, 2.24) is 0 Å². The molecular weight excluding hydrogens is 241 g/mol. The van der Waals surface area contributed by atoms with Gasteiger partial charge in [-0.1, -0.05) is 17.7 Å². The lowest BCUT2D eigenvalue weighted by molar-refractivity contribution is -0.176. The monoisotopic (exact) mass is 260 g/mol. The Morgan fingerprint density at radius 2 is 1.89 bits per heavy atom. The summed E-state index contributed by atoms with van der Waals surface area (Å²) in [6.07, 6.45) is 3.49. The van der Waals surface area contributed by atoms with Crippen LogP contribution in [0.2, 0.25) is 0 Å². The van der Waals surface area contributed by atoms with Crippen molar-refractivity contribution in [3.8, 4) is 0 Å². The van der Waals surface area contributed by atoms with E-state index in [0.29, 0.717) is 12.3 Å². The van der Waals surface area contributed by atoms with Gasteiger partial charge in [-0.3, -0.25) is 0 Å². The molecule has 102 valence electrons. The van der Waals surface area contributed by atoms with Crippen molar-refractivity contribution in [2.24, 2.45) is 11.8 Å². The number of halogens is 3. The first-order chi connectivity index (χ1) is 8.50. The molecule has 1 N–H and O–H groups in total. The first-order valence-corrected chi connectivity index (χ1v) is 6.55. The topological polar surface area (TPSA) is 20.2 Å². The minimum absolute atomic E-state index is 0.113. The van der Waals surface area contributed by atoms with Crippen molar-refractivity contribution in [2.45, 2.75) is 44.7 Å². The molecule has 2 aliphatic rings. The van der Waals surface area contributed by atoms with Gasteiger partial charge in [0.05, 0.1) is 12.5 Å². The van der Waals surface area contributed by atoms with Gasteiger partial charge in [0.2, 0.25) is 0 Å². The summed E-state index contributed by atoms with van der Waals surface area (Å²) >= 11 is 0. The van der Waals surface area contributed by atoms with E-state index in [-0.39, 0.29) is 19.4 Å². The Labute approximate surface area is 105 Å². The van der Waals surface area contributed by atoms with E-state index in [4.69, 9.17) is 5.11 Å². The summed E-state index contributed by atoms with van der Waals surface area (Å²) in [6.45, 7) is 0.113. The van der Waals surface area contributed by atoms with Gasteiger partial charge in [-0.15, -0.1) is 0 Å². The van der Waals surface area contributed by atoms with Gasteiger partial charge >= 0.3 is 6.18 Å². The summed E-state index contributed by atoms with van der Waals surface area (Å²) in [5.74, 6) is -0.747. The fourth-order valence-electron chi connectivity index (χ4n) is 2.89. The van der Waals surface area contributed by atoms with E-state index in [0.717, 1.165) is 24.8 Å². The third kappa shape index (κ3) is 3.16. The van der Waals surface area contributed by atoms with Crippen LogP contribution in [-0.4, -0.2) is 17.9 Å². The highest BCUT2D eigenvalue weighted by molar-refractivity contribution is 5.17. The van der Waals surface area contributed by atoms with Gasteiger partial charge in [0.1, 0.15) is 0 Å². The second-order valence-corrected chi connectivity index (χ2v) is 5.28. The maximum atomic E-state index is 12.5. The molecule has 0 radical (unpaired) electrons. The molecule has 18 heavy (non-hydrogen) atoms. The van der Waals surface area contributed by atoms with Gasteiger partial charge in [0.15, 0.2) is 0 Å². The van der Waals surface area contributed by atoms with Crippen molar-refractivity contribution in [3.05, 3.63) is 23.3 Å². The van der Waals surface area contributed by atoms with E-state index < -0.39 is 12.1 Å². The Morgan fingerprint density at radius 1 is 1.11 bits per heavy atom. The predicted molar refractivity (Wildman–Crippen MR) is 64.0 cm³/mol. The van der Waals surface area contributed by atoms with Crippen molar-refractivity contribution in [1.29, 1.82) is 0 Å². The standard InChI is InChI=1S/C14H19F3O/c15-14(16,17)13-7-5-12(6-8-13)11-3-1-10(9-18)2-4-11/h1,5,11,13,18H,2-4,6-9H2. The number of rotatable bonds is 2. The molecule has 0 fully saturated rings. The minimum atomic E-state index is -4.04. The molecule has 4 heteroatoms. The molecule has 0 bridgehead atoms. The maximum absolute atomic E-state index is 12.5. The van der Waals surface area contributed by atoms with Crippen LogP contribution < -0.4 is 0 Å². The Hall–Kier alpha value is -0.770. The molecule has 0 aromatic heterocycles. The lowest BCUT2D eigenvalue weighted by Gasteiger charge is -2.30. The van der Waals surface area contributed by atoms with Crippen molar-refractivity contribution >= 4 is 0 Å². The van der Waals surface area contributed by atoms with Gasteiger partial charge < -0.3 is 5.11 Å². The fourth-order valence-corrected chi connectivity index (χ4v) is 2.89. The molecule has 0 saturated carbocycles. The van der Waals surface area contributed by atoms with Crippen LogP contribution in [0.15, 0.2) is 23.3 Å². The Bertz CT molecular complexity index is 355. The number of allylic oxidation sites excluding steroid dienone is 3. The van der Waals surface area contributed by atoms with Gasteiger partial charge in [-0.25, -0.2) is 0 Å². The van der Waals surface area contributed by atoms with E-state index in [9.17, 15) is 13.2 Å². The van der Waals surface area contributed by atoms with Crippen LogP contribution in [0.25, 0.3) is 0 Å². The lowest BCUT2D eigenvalue weighted by atomic mass is 9.78. The molecular formula is C14H19F3O.